The molecule has 0 aliphatic carbocycles. The molecule has 0 saturated carbocycles. The minimum atomic E-state index is -0.338. The molecule has 2 aromatic rings. The molecule has 1 atom stereocenters. The molecule has 2 aromatic heterocycles. The van der Waals surface area contributed by atoms with Crippen molar-refractivity contribution in [3.63, 3.8) is 0 Å². The van der Waals surface area contributed by atoms with E-state index in [0.29, 0.717) is 11.5 Å². The molecule has 6 nitrogen and oxygen atoms in total. The molecule has 0 aromatic carbocycles. The molecule has 7 heteroatoms. The zero-order valence-corrected chi connectivity index (χ0v) is 8.26. The van der Waals surface area contributed by atoms with Crippen molar-refractivity contribution in [1.82, 2.24) is 20.2 Å². The van der Waals surface area contributed by atoms with E-state index in [1.54, 1.807) is 0 Å². The normalized spacial score (nSPS) is 13.0. The van der Waals surface area contributed by atoms with Gasteiger partial charge in [0, 0.05) is 5.38 Å². The molecule has 4 N–H and O–H groups in total. The molecular formula is C7H9N5OS. The van der Waals surface area contributed by atoms with Crippen molar-refractivity contribution in [1.29, 1.82) is 0 Å². The molecule has 0 spiro atoms. The third-order valence-corrected chi connectivity index (χ3v) is 2.70. The van der Waals surface area contributed by atoms with E-state index < -0.39 is 0 Å². The molecular weight excluding hydrogens is 202 g/mol. The zero-order valence-electron chi connectivity index (χ0n) is 7.44. The maximum atomic E-state index is 10.8. The lowest BCUT2D eigenvalue weighted by Gasteiger charge is -1.95. The molecule has 74 valence electrons. The smallest absolute Gasteiger partial charge is 0.322 e. The lowest BCUT2D eigenvalue weighted by Crippen LogP contribution is -2.04. The van der Waals surface area contributed by atoms with Crippen LogP contribution in [0, 0.1) is 0 Å². The molecule has 14 heavy (non-hydrogen) atoms. The molecule has 0 aliphatic heterocycles. The Kier molecular flexibility index (Phi) is 2.18. The predicted octanol–water partition coefficient (Wildman–Crippen LogP) is 0.241. The third kappa shape index (κ3) is 1.59. The number of nitrogens with one attached hydrogen (secondary N) is 2. The summed E-state index contributed by atoms with van der Waals surface area (Å²) in [5.74, 6) is 0.443. The number of aromatic nitrogens is 4. The summed E-state index contributed by atoms with van der Waals surface area (Å²) >= 11 is 1.45. The van der Waals surface area contributed by atoms with Crippen molar-refractivity contribution in [2.24, 2.45) is 5.73 Å². The predicted molar refractivity (Wildman–Crippen MR) is 52.9 cm³/mol. The molecule has 0 aliphatic rings. The molecule has 0 amide bonds. The van der Waals surface area contributed by atoms with Crippen molar-refractivity contribution in [3.8, 4) is 11.5 Å². The van der Waals surface area contributed by atoms with Crippen LogP contribution >= 0.6 is 11.3 Å². The molecule has 0 bridgehead atoms. The summed E-state index contributed by atoms with van der Waals surface area (Å²) < 4.78 is 0. The summed E-state index contributed by atoms with van der Waals surface area (Å²) in [5.41, 5.74) is 5.96. The number of H-pyrrole nitrogens is 2. The Morgan fingerprint density at radius 1 is 1.64 bits per heavy atom. The minimum absolute atomic E-state index is 0.0978. The highest BCUT2D eigenvalue weighted by Gasteiger charge is 2.09. The number of nitrogens with two attached hydrogens (primary N) is 1. The molecule has 1 unspecified atom stereocenters. The quantitative estimate of drug-likeness (QED) is 0.662. The number of aromatic amines is 2. The summed E-state index contributed by atoms with van der Waals surface area (Å²) in [6.07, 6.45) is 0. The summed E-state index contributed by atoms with van der Waals surface area (Å²) in [4.78, 5) is 17.5. The van der Waals surface area contributed by atoms with E-state index in [2.05, 4.69) is 20.2 Å². The molecule has 0 saturated heterocycles. The Balaban J connectivity index is 2.38. The van der Waals surface area contributed by atoms with Crippen molar-refractivity contribution in [2.45, 2.75) is 13.0 Å². The van der Waals surface area contributed by atoms with Crippen molar-refractivity contribution in [3.05, 3.63) is 20.9 Å². The average molecular weight is 211 g/mol. The summed E-state index contributed by atoms with van der Waals surface area (Å²) in [6, 6.07) is -0.0978. The van der Waals surface area contributed by atoms with Gasteiger partial charge in [0.05, 0.1) is 6.04 Å². The maximum absolute atomic E-state index is 10.8. The second-order valence-corrected chi connectivity index (χ2v) is 3.78. The standard InChI is InChI=1S/C7H9N5OS/c1-3(8)6-9-4(2-14-6)5-10-7(13)12-11-5/h2-3H,8H2,1H3,(H2,10,11,12,13). The van der Waals surface area contributed by atoms with E-state index in [0.717, 1.165) is 5.01 Å². The maximum Gasteiger partial charge on any atom is 0.340 e. The van der Waals surface area contributed by atoms with Crippen LogP contribution in [0.25, 0.3) is 11.5 Å². The van der Waals surface area contributed by atoms with Gasteiger partial charge in [0.1, 0.15) is 10.7 Å². The van der Waals surface area contributed by atoms with Crippen LogP contribution < -0.4 is 11.4 Å². The van der Waals surface area contributed by atoms with Gasteiger partial charge >= 0.3 is 5.69 Å². The van der Waals surface area contributed by atoms with Crippen LogP contribution in [-0.4, -0.2) is 20.2 Å². The van der Waals surface area contributed by atoms with Crippen molar-refractivity contribution < 1.29 is 0 Å². The van der Waals surface area contributed by atoms with E-state index >= 15 is 0 Å². The molecule has 2 rings (SSSR count). The Morgan fingerprint density at radius 3 is 2.93 bits per heavy atom. The number of rotatable bonds is 2. The Bertz CT molecular complexity index is 482. The van der Waals surface area contributed by atoms with Gasteiger partial charge in [-0.25, -0.2) is 14.9 Å². The van der Waals surface area contributed by atoms with E-state index in [1.165, 1.54) is 11.3 Å². The van der Waals surface area contributed by atoms with E-state index in [-0.39, 0.29) is 11.7 Å². The number of thiazole rings is 1. The highest BCUT2D eigenvalue weighted by molar-refractivity contribution is 7.10. The Morgan fingerprint density at radius 2 is 2.43 bits per heavy atom. The minimum Gasteiger partial charge on any atom is -0.322 e. The van der Waals surface area contributed by atoms with Crippen LogP contribution in [0.2, 0.25) is 0 Å². The van der Waals surface area contributed by atoms with Gasteiger partial charge in [-0.3, -0.25) is 4.98 Å². The average Bonchev–Trinajstić information content (AvgIpc) is 2.70. The van der Waals surface area contributed by atoms with Gasteiger partial charge < -0.3 is 5.73 Å². The SMILES string of the molecule is CC(N)c1nc(-c2n[nH]c(=O)[nH]2)cs1. The highest BCUT2D eigenvalue weighted by Crippen LogP contribution is 2.20. The van der Waals surface area contributed by atoms with Crippen LogP contribution in [0.1, 0.15) is 18.0 Å². The van der Waals surface area contributed by atoms with Crippen LogP contribution in [0.3, 0.4) is 0 Å². The first-order valence-corrected chi connectivity index (χ1v) is 4.91. The topological polar surface area (TPSA) is 100 Å². The van der Waals surface area contributed by atoms with Crippen molar-refractivity contribution >= 4 is 11.3 Å². The summed E-state index contributed by atoms with van der Waals surface area (Å²) in [7, 11) is 0. The molecule has 2 heterocycles. The van der Waals surface area contributed by atoms with Gasteiger partial charge in [-0.2, -0.15) is 5.10 Å². The van der Waals surface area contributed by atoms with Crippen LogP contribution in [0.4, 0.5) is 0 Å². The largest absolute Gasteiger partial charge is 0.340 e. The van der Waals surface area contributed by atoms with Gasteiger partial charge in [-0.05, 0) is 6.92 Å². The second-order valence-electron chi connectivity index (χ2n) is 2.89. The number of hydrogen-bond donors (Lipinski definition) is 3. The van der Waals surface area contributed by atoms with Gasteiger partial charge in [0.2, 0.25) is 0 Å². The zero-order chi connectivity index (χ0) is 10.1. The van der Waals surface area contributed by atoms with Crippen molar-refractivity contribution in [2.75, 3.05) is 0 Å². The monoisotopic (exact) mass is 211 g/mol. The first kappa shape index (κ1) is 9.10. The van der Waals surface area contributed by atoms with Crippen LogP contribution in [-0.2, 0) is 0 Å². The van der Waals surface area contributed by atoms with Gasteiger partial charge in [0.15, 0.2) is 5.82 Å². The van der Waals surface area contributed by atoms with Crippen LogP contribution in [0.5, 0.6) is 0 Å². The van der Waals surface area contributed by atoms with Gasteiger partial charge in [-0.15, -0.1) is 11.3 Å². The fraction of sp³-hybridized carbons (Fsp3) is 0.286. The fourth-order valence-corrected chi connectivity index (χ4v) is 1.76. The number of hydrogen-bond acceptors (Lipinski definition) is 5. The number of nitrogens with zero attached hydrogens (tertiary/aromatic N) is 2. The van der Waals surface area contributed by atoms with Crippen LogP contribution in [0.15, 0.2) is 10.2 Å². The second kappa shape index (κ2) is 3.35. The van der Waals surface area contributed by atoms with E-state index in [1.807, 2.05) is 12.3 Å². The first-order valence-electron chi connectivity index (χ1n) is 4.03. The summed E-state index contributed by atoms with van der Waals surface area (Å²) in [5, 5.41) is 8.68. The van der Waals surface area contributed by atoms with E-state index in [4.69, 9.17) is 5.73 Å². The Labute approximate surface area is 83.2 Å². The Hall–Kier alpha value is -1.47. The van der Waals surface area contributed by atoms with Gasteiger partial charge in [0.25, 0.3) is 0 Å². The summed E-state index contributed by atoms with van der Waals surface area (Å²) in [6.45, 7) is 1.86. The van der Waals surface area contributed by atoms with E-state index in [9.17, 15) is 4.79 Å². The third-order valence-electron chi connectivity index (χ3n) is 1.66. The fourth-order valence-electron chi connectivity index (χ4n) is 0.997. The molecule has 0 fully saturated rings. The lowest BCUT2D eigenvalue weighted by molar-refractivity contribution is 0.807. The molecule has 0 radical (unpaired) electrons. The highest BCUT2D eigenvalue weighted by atomic mass is 32.1. The van der Waals surface area contributed by atoms with Gasteiger partial charge in [-0.1, -0.05) is 0 Å². The first-order chi connectivity index (χ1) is 6.66. The lowest BCUT2D eigenvalue weighted by atomic mass is 10.4.